The number of esters is 1. The fourth-order valence-electron chi connectivity index (χ4n) is 2.51. The number of benzene rings is 1. The van der Waals surface area contributed by atoms with E-state index < -0.39 is 5.97 Å². The summed E-state index contributed by atoms with van der Waals surface area (Å²) in [5.41, 5.74) is 1.19. The van der Waals surface area contributed by atoms with Crippen molar-refractivity contribution in [1.29, 1.82) is 0 Å². The zero-order chi connectivity index (χ0) is 15.0. The molecule has 108 valence electrons. The SMILES string of the molecule is COC(=O)c1nc(C2(c3ccccc3)CC2)sc1C(C)=O. The topological polar surface area (TPSA) is 56.3 Å². The van der Waals surface area contributed by atoms with Crippen LogP contribution < -0.4 is 0 Å². The number of nitrogens with zero attached hydrogens (tertiary/aromatic N) is 1. The molecule has 1 aromatic heterocycles. The molecule has 1 fully saturated rings. The van der Waals surface area contributed by atoms with E-state index in [0.29, 0.717) is 4.88 Å². The van der Waals surface area contributed by atoms with Crippen molar-refractivity contribution in [3.8, 4) is 0 Å². The highest BCUT2D eigenvalue weighted by Gasteiger charge is 2.49. The molecule has 0 aliphatic heterocycles. The molecule has 5 heteroatoms. The molecule has 3 rings (SSSR count). The van der Waals surface area contributed by atoms with Gasteiger partial charge in [0.25, 0.3) is 0 Å². The molecule has 0 unspecified atom stereocenters. The van der Waals surface area contributed by atoms with Crippen LogP contribution in [0.1, 0.15) is 50.5 Å². The molecule has 0 spiro atoms. The van der Waals surface area contributed by atoms with Crippen molar-refractivity contribution >= 4 is 23.1 Å². The number of hydrogen-bond donors (Lipinski definition) is 0. The summed E-state index contributed by atoms with van der Waals surface area (Å²) < 4.78 is 4.73. The molecule has 1 aliphatic rings. The summed E-state index contributed by atoms with van der Waals surface area (Å²) in [6.45, 7) is 1.45. The third-order valence-electron chi connectivity index (χ3n) is 3.81. The molecule has 2 aromatic rings. The number of Topliss-reactive ketones (excluding diaryl/α,β-unsaturated/α-hetero) is 1. The minimum atomic E-state index is -0.549. The highest BCUT2D eigenvalue weighted by molar-refractivity contribution is 7.14. The Labute approximate surface area is 126 Å². The number of aromatic nitrogens is 1. The first-order chi connectivity index (χ1) is 10.1. The molecule has 1 heterocycles. The van der Waals surface area contributed by atoms with Crippen LogP contribution in [0.2, 0.25) is 0 Å². The van der Waals surface area contributed by atoms with Gasteiger partial charge in [-0.15, -0.1) is 11.3 Å². The first-order valence-corrected chi connectivity index (χ1v) is 7.56. The molecular weight excluding hydrogens is 286 g/mol. The lowest BCUT2D eigenvalue weighted by Crippen LogP contribution is -2.10. The Morgan fingerprint density at radius 1 is 1.24 bits per heavy atom. The Hall–Kier alpha value is -2.01. The Bertz CT molecular complexity index is 702. The van der Waals surface area contributed by atoms with E-state index in [1.165, 1.54) is 30.9 Å². The minimum absolute atomic E-state index is 0.137. The average molecular weight is 301 g/mol. The van der Waals surface area contributed by atoms with Crippen LogP contribution in [0.3, 0.4) is 0 Å². The summed E-state index contributed by atoms with van der Waals surface area (Å²) >= 11 is 1.31. The molecule has 21 heavy (non-hydrogen) atoms. The standard InChI is InChI=1S/C16H15NO3S/c1-10(18)13-12(14(19)20-2)17-15(21-13)16(8-9-16)11-6-4-3-5-7-11/h3-7H,8-9H2,1-2H3. The Morgan fingerprint density at radius 2 is 1.90 bits per heavy atom. The summed E-state index contributed by atoms with van der Waals surface area (Å²) in [4.78, 5) is 28.4. The van der Waals surface area contributed by atoms with Crippen molar-refractivity contribution in [2.75, 3.05) is 7.11 Å². The number of carbonyl (C=O) groups excluding carboxylic acids is 2. The van der Waals surface area contributed by atoms with E-state index in [1.807, 2.05) is 18.2 Å². The number of ketones is 1. The summed E-state index contributed by atoms with van der Waals surface area (Å²) in [6, 6.07) is 10.1. The molecule has 0 atom stereocenters. The molecule has 1 aromatic carbocycles. The predicted molar refractivity (Wildman–Crippen MR) is 79.9 cm³/mol. The molecule has 1 saturated carbocycles. The van der Waals surface area contributed by atoms with Crippen LogP contribution in [0.15, 0.2) is 30.3 Å². The first-order valence-electron chi connectivity index (χ1n) is 6.74. The summed E-state index contributed by atoms with van der Waals surface area (Å²) in [5.74, 6) is -0.699. The second-order valence-electron chi connectivity index (χ2n) is 5.19. The van der Waals surface area contributed by atoms with Gasteiger partial charge in [0.1, 0.15) is 9.88 Å². The van der Waals surface area contributed by atoms with Crippen molar-refractivity contribution in [3.63, 3.8) is 0 Å². The smallest absolute Gasteiger partial charge is 0.358 e. The summed E-state index contributed by atoms with van der Waals surface area (Å²) in [6.07, 6.45) is 1.98. The van der Waals surface area contributed by atoms with Gasteiger partial charge in [-0.3, -0.25) is 4.79 Å². The number of ether oxygens (including phenoxy) is 1. The maximum absolute atomic E-state index is 11.8. The van der Waals surface area contributed by atoms with E-state index >= 15 is 0 Å². The quantitative estimate of drug-likeness (QED) is 0.643. The van der Waals surface area contributed by atoms with E-state index in [0.717, 1.165) is 17.8 Å². The van der Waals surface area contributed by atoms with E-state index in [9.17, 15) is 9.59 Å². The van der Waals surface area contributed by atoms with Gasteiger partial charge in [0.15, 0.2) is 11.5 Å². The lowest BCUT2D eigenvalue weighted by molar-refractivity contribution is 0.0591. The number of thiazole rings is 1. The maximum Gasteiger partial charge on any atom is 0.358 e. The van der Waals surface area contributed by atoms with Crippen molar-refractivity contribution < 1.29 is 14.3 Å². The van der Waals surface area contributed by atoms with Crippen molar-refractivity contribution in [1.82, 2.24) is 4.98 Å². The van der Waals surface area contributed by atoms with E-state index in [4.69, 9.17) is 4.74 Å². The second kappa shape index (κ2) is 5.07. The monoisotopic (exact) mass is 301 g/mol. The molecule has 0 saturated heterocycles. The second-order valence-corrected chi connectivity index (χ2v) is 6.19. The lowest BCUT2D eigenvalue weighted by Gasteiger charge is -2.11. The van der Waals surface area contributed by atoms with Gasteiger partial charge in [-0.25, -0.2) is 9.78 Å². The van der Waals surface area contributed by atoms with Crippen molar-refractivity contribution in [2.45, 2.75) is 25.2 Å². The lowest BCUT2D eigenvalue weighted by atomic mass is 9.97. The van der Waals surface area contributed by atoms with Gasteiger partial charge >= 0.3 is 5.97 Å². The highest BCUT2D eigenvalue weighted by atomic mass is 32.1. The number of hydrogen-bond acceptors (Lipinski definition) is 5. The van der Waals surface area contributed by atoms with Crippen LogP contribution in [0.5, 0.6) is 0 Å². The molecule has 0 bridgehead atoms. The van der Waals surface area contributed by atoms with Gasteiger partial charge < -0.3 is 4.74 Å². The maximum atomic E-state index is 11.8. The molecule has 0 amide bonds. The van der Waals surface area contributed by atoms with Gasteiger partial charge in [0.05, 0.1) is 7.11 Å². The van der Waals surface area contributed by atoms with Gasteiger partial charge in [-0.2, -0.15) is 0 Å². The third kappa shape index (κ3) is 2.27. The van der Waals surface area contributed by atoms with Crippen LogP contribution >= 0.6 is 11.3 Å². The van der Waals surface area contributed by atoms with Gasteiger partial charge in [-0.1, -0.05) is 30.3 Å². The largest absolute Gasteiger partial charge is 0.464 e. The Morgan fingerprint density at radius 3 is 2.43 bits per heavy atom. The Balaban J connectivity index is 2.08. The van der Waals surface area contributed by atoms with Crippen LogP contribution in [0, 0.1) is 0 Å². The van der Waals surface area contributed by atoms with E-state index in [2.05, 4.69) is 17.1 Å². The van der Waals surface area contributed by atoms with E-state index in [-0.39, 0.29) is 16.9 Å². The zero-order valence-corrected chi connectivity index (χ0v) is 12.7. The summed E-state index contributed by atoms with van der Waals surface area (Å²) in [7, 11) is 1.30. The number of carbonyl (C=O) groups is 2. The van der Waals surface area contributed by atoms with Gasteiger partial charge in [0, 0.05) is 12.3 Å². The minimum Gasteiger partial charge on any atom is -0.464 e. The third-order valence-corrected chi connectivity index (χ3v) is 5.17. The average Bonchev–Trinajstić information content (AvgIpc) is 3.19. The van der Waals surface area contributed by atoms with Crippen molar-refractivity contribution in [2.24, 2.45) is 0 Å². The molecule has 0 radical (unpaired) electrons. The molecule has 4 nitrogen and oxygen atoms in total. The fourth-order valence-corrected chi connectivity index (χ4v) is 3.72. The number of methoxy groups -OCH3 is 1. The molecule has 1 aliphatic carbocycles. The first kappa shape index (κ1) is 13.9. The van der Waals surface area contributed by atoms with Gasteiger partial charge in [0.2, 0.25) is 0 Å². The van der Waals surface area contributed by atoms with Crippen LogP contribution in [-0.4, -0.2) is 23.8 Å². The Kier molecular flexibility index (Phi) is 3.37. The van der Waals surface area contributed by atoms with Gasteiger partial charge in [-0.05, 0) is 18.4 Å². The summed E-state index contributed by atoms with van der Waals surface area (Å²) in [5, 5.41) is 0.833. The predicted octanol–water partition coefficient (Wildman–Crippen LogP) is 3.21. The normalized spacial score (nSPS) is 15.5. The zero-order valence-electron chi connectivity index (χ0n) is 11.9. The van der Waals surface area contributed by atoms with Crippen LogP contribution in [0.25, 0.3) is 0 Å². The van der Waals surface area contributed by atoms with E-state index in [1.54, 1.807) is 0 Å². The van der Waals surface area contributed by atoms with Crippen LogP contribution in [0.4, 0.5) is 0 Å². The van der Waals surface area contributed by atoms with Crippen LogP contribution in [-0.2, 0) is 10.2 Å². The molecular formula is C16H15NO3S. The molecule has 0 N–H and O–H groups in total. The van der Waals surface area contributed by atoms with Crippen molar-refractivity contribution in [3.05, 3.63) is 51.5 Å². The highest BCUT2D eigenvalue weighted by Crippen LogP contribution is 2.54. The fraction of sp³-hybridized carbons (Fsp3) is 0.312. The number of rotatable bonds is 4.